The lowest BCUT2D eigenvalue weighted by molar-refractivity contribution is 0.272. The van der Waals surface area contributed by atoms with E-state index < -0.39 is 0 Å². The molecule has 2 rings (SSSR count). The van der Waals surface area contributed by atoms with Crippen molar-refractivity contribution in [1.29, 1.82) is 0 Å². The van der Waals surface area contributed by atoms with E-state index in [1.54, 1.807) is 46.7 Å². The van der Waals surface area contributed by atoms with E-state index in [-0.39, 0.29) is 11.5 Å². The Morgan fingerprint density at radius 2 is 1.19 bits per heavy atom. The summed E-state index contributed by atoms with van der Waals surface area (Å²) in [6.45, 7) is 1.21. The molecule has 0 saturated carbocycles. The Morgan fingerprint density at radius 3 is 1.58 bits per heavy atom. The number of rotatable bonds is 7. The number of nitrogens with zero attached hydrogens (tertiary/aromatic N) is 4. The van der Waals surface area contributed by atoms with Gasteiger partial charge < -0.3 is 10.2 Å². The third-order valence-corrected chi connectivity index (χ3v) is 3.98. The molecule has 0 aliphatic heterocycles. The zero-order chi connectivity index (χ0) is 19.1. The fraction of sp³-hybridized carbons (Fsp3) is 0.222. The molecule has 26 heavy (non-hydrogen) atoms. The predicted octanol–water partition coefficient (Wildman–Crippen LogP) is 3.64. The average Bonchev–Trinajstić information content (AvgIpc) is 2.61. The van der Waals surface area contributed by atoms with Gasteiger partial charge in [-0.05, 0) is 36.4 Å². The van der Waals surface area contributed by atoms with Crippen molar-refractivity contribution < 1.29 is 10.2 Å². The van der Waals surface area contributed by atoms with Gasteiger partial charge in [-0.2, -0.15) is 10.2 Å². The van der Waals surface area contributed by atoms with Crippen molar-refractivity contribution in [3.05, 3.63) is 57.6 Å². The molecular formula is C18H20Cl2N4O2. The molecule has 0 spiro atoms. The van der Waals surface area contributed by atoms with Crippen molar-refractivity contribution in [2.45, 2.75) is 0 Å². The Kier molecular flexibility index (Phi) is 7.12. The number of likely N-dealkylation sites (N-methyl/N-ethyl adjacent to an activating group) is 2. The summed E-state index contributed by atoms with van der Waals surface area (Å²) in [5, 5.41) is 32.6. The van der Waals surface area contributed by atoms with Crippen molar-refractivity contribution >= 4 is 35.6 Å². The molecule has 2 aromatic carbocycles. The highest BCUT2D eigenvalue weighted by molar-refractivity contribution is 6.31. The standard InChI is InChI=1S/C18H20Cl2N4O2/c1-23(21-11-13-9-15(19)3-5-17(13)25)7-8-24(2)22-12-14-10-16(20)4-6-18(14)26/h3-6,9-12,25-26H,7-8H2,1-2H3/b21-11+,22-12+. The Balaban J connectivity index is 1.87. The molecule has 2 aromatic rings. The minimum Gasteiger partial charge on any atom is -0.507 e. The van der Waals surface area contributed by atoms with Gasteiger partial charge in [0.25, 0.3) is 0 Å². The van der Waals surface area contributed by atoms with Gasteiger partial charge in [0.05, 0.1) is 25.5 Å². The molecule has 8 heteroatoms. The summed E-state index contributed by atoms with van der Waals surface area (Å²) in [4.78, 5) is 0. The number of halogens is 2. The first kappa shape index (κ1) is 19.9. The zero-order valence-electron chi connectivity index (χ0n) is 14.5. The summed E-state index contributed by atoms with van der Waals surface area (Å²) >= 11 is 11.8. The van der Waals surface area contributed by atoms with Crippen molar-refractivity contribution in [3.8, 4) is 11.5 Å². The smallest absolute Gasteiger partial charge is 0.124 e. The second kappa shape index (κ2) is 9.31. The van der Waals surface area contributed by atoms with Crippen LogP contribution in [0, 0.1) is 0 Å². The van der Waals surface area contributed by atoms with Gasteiger partial charge in [0, 0.05) is 35.3 Å². The summed E-state index contributed by atoms with van der Waals surface area (Å²) in [5.41, 5.74) is 1.10. The van der Waals surface area contributed by atoms with Crippen LogP contribution in [0.1, 0.15) is 11.1 Å². The average molecular weight is 395 g/mol. The van der Waals surface area contributed by atoms with Gasteiger partial charge in [0.1, 0.15) is 11.5 Å². The molecule has 6 nitrogen and oxygen atoms in total. The van der Waals surface area contributed by atoms with Crippen LogP contribution in [0.15, 0.2) is 46.6 Å². The van der Waals surface area contributed by atoms with Crippen LogP contribution >= 0.6 is 23.2 Å². The predicted molar refractivity (Wildman–Crippen MR) is 107 cm³/mol. The zero-order valence-corrected chi connectivity index (χ0v) is 16.0. The second-order valence-corrected chi connectivity index (χ2v) is 6.53. The number of phenols is 2. The highest BCUT2D eigenvalue weighted by Gasteiger charge is 2.02. The summed E-state index contributed by atoms with van der Waals surface area (Å²) in [7, 11) is 3.64. The minimum atomic E-state index is 0.120. The Labute approximate surface area is 162 Å². The number of phenolic OH excluding ortho intramolecular Hbond substituents is 2. The number of benzene rings is 2. The van der Waals surface area contributed by atoms with E-state index in [1.165, 1.54) is 12.1 Å². The molecular weight excluding hydrogens is 375 g/mol. The van der Waals surface area contributed by atoms with Crippen LogP contribution in [-0.4, -0.2) is 59.8 Å². The van der Waals surface area contributed by atoms with E-state index in [1.807, 2.05) is 14.1 Å². The highest BCUT2D eigenvalue weighted by atomic mass is 35.5. The fourth-order valence-corrected chi connectivity index (χ4v) is 2.35. The van der Waals surface area contributed by atoms with Crippen molar-refractivity contribution in [1.82, 2.24) is 10.0 Å². The van der Waals surface area contributed by atoms with Gasteiger partial charge in [-0.25, -0.2) is 0 Å². The van der Waals surface area contributed by atoms with Gasteiger partial charge >= 0.3 is 0 Å². The quantitative estimate of drug-likeness (QED) is 0.555. The Bertz CT molecular complexity index is 744. The van der Waals surface area contributed by atoms with Crippen LogP contribution in [0.5, 0.6) is 11.5 Å². The van der Waals surface area contributed by atoms with Crippen LogP contribution in [0.3, 0.4) is 0 Å². The molecule has 138 valence electrons. The minimum absolute atomic E-state index is 0.120. The van der Waals surface area contributed by atoms with Gasteiger partial charge in [0.15, 0.2) is 0 Å². The molecule has 0 fully saturated rings. The van der Waals surface area contributed by atoms with Crippen molar-refractivity contribution in [3.63, 3.8) is 0 Å². The fourth-order valence-electron chi connectivity index (χ4n) is 1.98. The third kappa shape index (κ3) is 6.13. The first-order valence-corrected chi connectivity index (χ1v) is 8.58. The lowest BCUT2D eigenvalue weighted by Crippen LogP contribution is -2.25. The van der Waals surface area contributed by atoms with Crippen LogP contribution < -0.4 is 0 Å². The first-order valence-electron chi connectivity index (χ1n) is 7.82. The third-order valence-electron chi connectivity index (χ3n) is 3.51. The number of aromatic hydroxyl groups is 2. The molecule has 0 atom stereocenters. The summed E-state index contributed by atoms with van der Waals surface area (Å²) in [5.74, 6) is 0.240. The van der Waals surface area contributed by atoms with Crippen LogP contribution in [-0.2, 0) is 0 Å². The summed E-state index contributed by atoms with van der Waals surface area (Å²) in [6, 6.07) is 9.56. The van der Waals surface area contributed by atoms with Crippen LogP contribution in [0.2, 0.25) is 10.0 Å². The summed E-state index contributed by atoms with van der Waals surface area (Å²) in [6.07, 6.45) is 3.10. The number of hydrogen-bond donors (Lipinski definition) is 2. The molecule has 0 unspecified atom stereocenters. The molecule has 0 saturated heterocycles. The van der Waals surface area contributed by atoms with Crippen molar-refractivity contribution in [2.24, 2.45) is 10.2 Å². The normalized spacial score (nSPS) is 11.4. The van der Waals surface area contributed by atoms with E-state index in [0.717, 1.165) is 0 Å². The first-order chi connectivity index (χ1) is 12.3. The monoisotopic (exact) mass is 394 g/mol. The van der Waals surface area contributed by atoms with Gasteiger partial charge in [-0.3, -0.25) is 10.0 Å². The maximum absolute atomic E-state index is 9.76. The van der Waals surface area contributed by atoms with E-state index >= 15 is 0 Å². The molecule has 0 radical (unpaired) electrons. The van der Waals surface area contributed by atoms with Gasteiger partial charge in [-0.15, -0.1) is 0 Å². The molecule has 0 bridgehead atoms. The van der Waals surface area contributed by atoms with E-state index in [0.29, 0.717) is 34.3 Å². The SMILES string of the molecule is CN(CCN(C)/N=C/c1cc(Cl)ccc1O)/N=C/c1cc(Cl)ccc1O. The highest BCUT2D eigenvalue weighted by Crippen LogP contribution is 2.20. The maximum atomic E-state index is 9.76. The van der Waals surface area contributed by atoms with Gasteiger partial charge in [-0.1, -0.05) is 23.2 Å². The largest absolute Gasteiger partial charge is 0.507 e. The molecule has 0 aliphatic carbocycles. The second-order valence-electron chi connectivity index (χ2n) is 5.66. The van der Waals surface area contributed by atoms with E-state index in [9.17, 15) is 10.2 Å². The molecule has 2 N–H and O–H groups in total. The Morgan fingerprint density at radius 1 is 0.808 bits per heavy atom. The van der Waals surface area contributed by atoms with Crippen LogP contribution in [0.4, 0.5) is 0 Å². The Hall–Kier alpha value is -2.44. The molecule has 0 heterocycles. The summed E-state index contributed by atoms with van der Waals surface area (Å²) < 4.78 is 0. The van der Waals surface area contributed by atoms with E-state index in [2.05, 4.69) is 10.2 Å². The lowest BCUT2D eigenvalue weighted by Gasteiger charge is -2.17. The van der Waals surface area contributed by atoms with Crippen molar-refractivity contribution in [2.75, 3.05) is 27.2 Å². The van der Waals surface area contributed by atoms with Crippen LogP contribution in [0.25, 0.3) is 0 Å². The topological polar surface area (TPSA) is 71.7 Å². The molecule has 0 aromatic heterocycles. The lowest BCUT2D eigenvalue weighted by atomic mass is 10.2. The van der Waals surface area contributed by atoms with E-state index in [4.69, 9.17) is 23.2 Å². The number of hydrazone groups is 2. The molecule has 0 aliphatic rings. The molecule has 0 amide bonds. The van der Waals surface area contributed by atoms with Gasteiger partial charge in [0.2, 0.25) is 0 Å². The number of hydrogen-bond acceptors (Lipinski definition) is 6. The maximum Gasteiger partial charge on any atom is 0.124 e.